The molecule has 0 amide bonds. The molecule has 0 saturated heterocycles. The topological polar surface area (TPSA) is 37.3 Å². The van der Waals surface area contributed by atoms with E-state index >= 15 is 0 Å². The van der Waals surface area contributed by atoms with Crippen molar-refractivity contribution in [2.24, 2.45) is 0 Å². The molecule has 0 saturated carbocycles. The van der Waals surface area contributed by atoms with E-state index in [1.54, 1.807) is 0 Å². The van der Waals surface area contributed by atoms with Gasteiger partial charge in [0.1, 0.15) is 0 Å². The highest BCUT2D eigenvalue weighted by molar-refractivity contribution is 5.66. The average Bonchev–Trinajstić information content (AvgIpc) is 2.60. The first kappa shape index (κ1) is 23.9. The van der Waals surface area contributed by atoms with Crippen LogP contribution in [0, 0.1) is 0 Å². The van der Waals surface area contributed by atoms with Crippen LogP contribution in [-0.4, -0.2) is 11.1 Å². The predicted octanol–water partition coefficient (Wildman–Crippen LogP) is 7.84. The number of hydrogen-bond acceptors (Lipinski definition) is 1. The zero-order valence-corrected chi connectivity index (χ0v) is 16.7. The van der Waals surface area contributed by atoms with Gasteiger partial charge in [0.25, 0.3) is 0 Å². The molecule has 25 heavy (non-hydrogen) atoms. The maximum absolute atomic E-state index is 10.4. The van der Waals surface area contributed by atoms with Crippen LogP contribution in [0.4, 0.5) is 0 Å². The van der Waals surface area contributed by atoms with Crippen molar-refractivity contribution in [1.82, 2.24) is 0 Å². The van der Waals surface area contributed by atoms with Crippen LogP contribution in [0.1, 0.15) is 116 Å². The van der Waals surface area contributed by atoms with Crippen LogP contribution >= 0.6 is 0 Å². The van der Waals surface area contributed by atoms with Gasteiger partial charge < -0.3 is 5.11 Å². The van der Waals surface area contributed by atoms with Gasteiger partial charge in [-0.05, 0) is 38.5 Å². The van der Waals surface area contributed by atoms with Crippen molar-refractivity contribution in [3.05, 3.63) is 24.3 Å². The summed E-state index contributed by atoms with van der Waals surface area (Å²) in [5, 5.41) is 8.53. The smallest absolute Gasteiger partial charge is 0.303 e. The highest BCUT2D eigenvalue weighted by atomic mass is 16.4. The summed E-state index contributed by atoms with van der Waals surface area (Å²) in [6.45, 7) is 2.28. The number of carboxylic acids is 1. The maximum Gasteiger partial charge on any atom is 0.303 e. The Morgan fingerprint density at radius 1 is 0.600 bits per heavy atom. The Morgan fingerprint density at radius 3 is 1.48 bits per heavy atom. The Balaban J connectivity index is 3.15. The fourth-order valence-electron chi connectivity index (χ4n) is 2.96. The molecule has 2 nitrogen and oxygen atoms in total. The molecule has 0 atom stereocenters. The molecular formula is C23H42O2. The minimum atomic E-state index is -0.696. The van der Waals surface area contributed by atoms with Gasteiger partial charge in [-0.15, -0.1) is 0 Å². The van der Waals surface area contributed by atoms with E-state index in [1.165, 1.54) is 77.0 Å². The standard InChI is InChI=1S/C23H42O2/c1-2-3-4-5-6-7-8-9-10-11-12-13-14-15-16-17-18-19-20-21-22-23(24)25/h14-15,18-19H,2-13,16-17,20-22H2,1H3,(H,24,25). The third-order valence-electron chi connectivity index (χ3n) is 4.57. The normalized spacial score (nSPS) is 11.7. The molecule has 0 rings (SSSR count). The number of unbranched alkanes of at least 4 members (excludes halogenated alkanes) is 13. The molecule has 0 spiro atoms. The van der Waals surface area contributed by atoms with Crippen molar-refractivity contribution in [2.75, 3.05) is 0 Å². The van der Waals surface area contributed by atoms with Crippen molar-refractivity contribution < 1.29 is 9.90 Å². The molecule has 0 bridgehead atoms. The van der Waals surface area contributed by atoms with Crippen LogP contribution in [0.15, 0.2) is 24.3 Å². The van der Waals surface area contributed by atoms with E-state index in [0.717, 1.165) is 25.7 Å². The summed E-state index contributed by atoms with van der Waals surface area (Å²) in [4.78, 5) is 10.4. The first-order valence-corrected chi connectivity index (χ1v) is 10.8. The Labute approximate surface area is 156 Å². The second-order valence-electron chi connectivity index (χ2n) is 7.13. The SMILES string of the molecule is CCCCCCCCCCCCCC=CCCC=CCCCC(=O)O. The summed E-state index contributed by atoms with van der Waals surface area (Å²) in [6, 6.07) is 0. The largest absolute Gasteiger partial charge is 0.481 e. The lowest BCUT2D eigenvalue weighted by Gasteiger charge is -2.01. The zero-order valence-electron chi connectivity index (χ0n) is 16.7. The van der Waals surface area contributed by atoms with Gasteiger partial charge in [0.2, 0.25) is 0 Å². The summed E-state index contributed by atoms with van der Waals surface area (Å²) >= 11 is 0. The van der Waals surface area contributed by atoms with Crippen molar-refractivity contribution in [3.8, 4) is 0 Å². The highest BCUT2D eigenvalue weighted by Crippen LogP contribution is 2.12. The molecule has 0 aliphatic heterocycles. The van der Waals surface area contributed by atoms with Crippen molar-refractivity contribution in [1.29, 1.82) is 0 Å². The van der Waals surface area contributed by atoms with E-state index in [2.05, 4.69) is 31.2 Å². The summed E-state index contributed by atoms with van der Waals surface area (Å²) in [5.74, 6) is -0.696. The molecule has 0 aliphatic carbocycles. The number of carboxylic acid groups (broad SMARTS) is 1. The molecule has 1 N–H and O–H groups in total. The highest BCUT2D eigenvalue weighted by Gasteiger charge is 1.93. The Morgan fingerprint density at radius 2 is 1.00 bits per heavy atom. The summed E-state index contributed by atoms with van der Waals surface area (Å²) in [7, 11) is 0. The molecule has 0 unspecified atom stereocenters. The Bertz CT molecular complexity index is 331. The summed E-state index contributed by atoms with van der Waals surface area (Å²) in [5.41, 5.74) is 0. The van der Waals surface area contributed by atoms with Gasteiger partial charge in [-0.2, -0.15) is 0 Å². The van der Waals surface area contributed by atoms with Crippen LogP contribution in [-0.2, 0) is 4.79 Å². The molecule has 0 heterocycles. The van der Waals surface area contributed by atoms with E-state index in [9.17, 15) is 4.79 Å². The van der Waals surface area contributed by atoms with Gasteiger partial charge in [-0.3, -0.25) is 4.79 Å². The van der Waals surface area contributed by atoms with E-state index in [0.29, 0.717) is 0 Å². The number of carbonyl (C=O) groups is 1. The number of allylic oxidation sites excluding steroid dienone is 4. The molecular weight excluding hydrogens is 308 g/mol. The molecule has 146 valence electrons. The Hall–Kier alpha value is -1.05. The van der Waals surface area contributed by atoms with Gasteiger partial charge in [0, 0.05) is 6.42 Å². The maximum atomic E-state index is 10.4. The van der Waals surface area contributed by atoms with E-state index in [1.807, 2.05) is 0 Å². The minimum Gasteiger partial charge on any atom is -0.481 e. The number of hydrogen-bond donors (Lipinski definition) is 1. The second kappa shape index (κ2) is 21.0. The zero-order chi connectivity index (χ0) is 18.4. The van der Waals surface area contributed by atoms with Crippen molar-refractivity contribution in [2.45, 2.75) is 116 Å². The second-order valence-corrected chi connectivity index (χ2v) is 7.13. The number of aliphatic carboxylic acids is 1. The van der Waals surface area contributed by atoms with Crippen molar-refractivity contribution in [3.63, 3.8) is 0 Å². The fraction of sp³-hybridized carbons (Fsp3) is 0.783. The molecule has 0 fully saturated rings. The molecule has 0 aromatic carbocycles. The fourth-order valence-corrected chi connectivity index (χ4v) is 2.96. The van der Waals surface area contributed by atoms with Crippen LogP contribution in [0.2, 0.25) is 0 Å². The molecule has 0 radical (unpaired) electrons. The van der Waals surface area contributed by atoms with E-state index < -0.39 is 5.97 Å². The molecule has 0 aromatic heterocycles. The van der Waals surface area contributed by atoms with Gasteiger partial charge in [-0.1, -0.05) is 95.4 Å². The monoisotopic (exact) mass is 350 g/mol. The summed E-state index contributed by atoms with van der Waals surface area (Å²) < 4.78 is 0. The van der Waals surface area contributed by atoms with Crippen LogP contribution in [0.5, 0.6) is 0 Å². The molecule has 2 heteroatoms. The predicted molar refractivity (Wildman–Crippen MR) is 110 cm³/mol. The van der Waals surface area contributed by atoms with Crippen molar-refractivity contribution >= 4 is 5.97 Å². The van der Waals surface area contributed by atoms with E-state index in [-0.39, 0.29) is 6.42 Å². The van der Waals surface area contributed by atoms with Gasteiger partial charge >= 0.3 is 5.97 Å². The Kier molecular flexibility index (Phi) is 20.1. The third-order valence-corrected chi connectivity index (χ3v) is 4.57. The van der Waals surface area contributed by atoms with Crippen LogP contribution in [0.3, 0.4) is 0 Å². The van der Waals surface area contributed by atoms with Crippen LogP contribution < -0.4 is 0 Å². The third kappa shape index (κ3) is 22.9. The first-order chi connectivity index (χ1) is 12.3. The van der Waals surface area contributed by atoms with Gasteiger partial charge in [-0.25, -0.2) is 0 Å². The lowest BCUT2D eigenvalue weighted by molar-refractivity contribution is -0.137. The van der Waals surface area contributed by atoms with Gasteiger partial charge in [0.05, 0.1) is 0 Å². The quantitative estimate of drug-likeness (QED) is 0.190. The lowest BCUT2D eigenvalue weighted by Crippen LogP contribution is -1.92. The number of rotatable bonds is 19. The summed E-state index contributed by atoms with van der Waals surface area (Å²) in [6.07, 6.45) is 29.7. The van der Waals surface area contributed by atoms with Gasteiger partial charge in [0.15, 0.2) is 0 Å². The molecule has 0 aromatic rings. The lowest BCUT2D eigenvalue weighted by atomic mass is 10.1. The average molecular weight is 351 g/mol. The van der Waals surface area contributed by atoms with Crippen LogP contribution in [0.25, 0.3) is 0 Å². The first-order valence-electron chi connectivity index (χ1n) is 10.8. The minimum absolute atomic E-state index is 0.281. The van der Waals surface area contributed by atoms with E-state index in [4.69, 9.17) is 5.11 Å². The molecule has 0 aliphatic rings.